The number of azide groups is 1. The van der Waals surface area contributed by atoms with Gasteiger partial charge in [0.2, 0.25) is 0 Å². The van der Waals surface area contributed by atoms with Crippen LogP contribution >= 0.6 is 0 Å². The van der Waals surface area contributed by atoms with E-state index in [9.17, 15) is 24.3 Å². The number of nitrogens with two attached hydrogens (primary N) is 1. The first-order valence-corrected chi connectivity index (χ1v) is 16.6. The molecule has 48 heavy (non-hydrogen) atoms. The van der Waals surface area contributed by atoms with Gasteiger partial charge in [0.15, 0.2) is 17.7 Å². The van der Waals surface area contributed by atoms with Crippen LogP contribution in [-0.4, -0.2) is 113 Å². The van der Waals surface area contributed by atoms with E-state index < -0.39 is 89.3 Å². The number of nitrogens with zero attached hydrogens (tertiary/aromatic N) is 4. The number of aliphatic hydroxyl groups is 1. The Kier molecular flexibility index (Phi) is 13.0. The van der Waals surface area contributed by atoms with Gasteiger partial charge < -0.3 is 39.4 Å². The second kappa shape index (κ2) is 15.8. The quantitative estimate of drug-likeness (QED) is 0.0895. The number of hydrogen-bond donors (Lipinski definition) is 2. The zero-order chi connectivity index (χ0) is 36.2. The number of fused-ring (bicyclic) bond motifs is 1. The van der Waals surface area contributed by atoms with Gasteiger partial charge >= 0.3 is 12.1 Å². The average molecular weight is 686 g/mol. The van der Waals surface area contributed by atoms with Crippen molar-refractivity contribution in [3.8, 4) is 0 Å². The van der Waals surface area contributed by atoms with Gasteiger partial charge in [0, 0.05) is 49.4 Å². The molecule has 3 heterocycles. The molecule has 3 saturated heterocycles. The van der Waals surface area contributed by atoms with Crippen molar-refractivity contribution in [3.05, 3.63) is 10.4 Å². The minimum Gasteiger partial charge on any atom is -0.455 e. The molecule has 0 aromatic carbocycles. The van der Waals surface area contributed by atoms with E-state index in [1.165, 1.54) is 25.9 Å². The summed E-state index contributed by atoms with van der Waals surface area (Å²) >= 11 is 0. The van der Waals surface area contributed by atoms with E-state index in [1.807, 2.05) is 0 Å². The number of rotatable bonds is 9. The van der Waals surface area contributed by atoms with Gasteiger partial charge in [0.1, 0.15) is 18.0 Å². The Balaban J connectivity index is 2.09. The number of alkyl halides is 1. The van der Waals surface area contributed by atoms with Gasteiger partial charge in [-0.15, -0.1) is 0 Å². The van der Waals surface area contributed by atoms with Crippen LogP contribution in [0.15, 0.2) is 5.11 Å². The van der Waals surface area contributed by atoms with Gasteiger partial charge in [-0.3, -0.25) is 9.59 Å². The number of halogens is 1. The second-order valence-electron chi connectivity index (χ2n) is 13.9. The molecule has 3 rings (SSSR count). The molecule has 0 bridgehead atoms. The Hall–Kier alpha value is -2.88. The van der Waals surface area contributed by atoms with Gasteiger partial charge in [0.25, 0.3) is 5.67 Å². The fourth-order valence-electron chi connectivity index (χ4n) is 7.18. The van der Waals surface area contributed by atoms with Gasteiger partial charge in [-0.05, 0) is 65.3 Å². The number of unbranched alkanes of at least 4 members (excludes halogenated alkanes) is 1. The first kappa shape index (κ1) is 39.6. The summed E-state index contributed by atoms with van der Waals surface area (Å²) in [6.07, 6.45) is -5.23. The number of hydrogen-bond acceptors (Lipinski definition) is 12. The van der Waals surface area contributed by atoms with Crippen molar-refractivity contribution >= 4 is 23.6 Å². The lowest BCUT2D eigenvalue weighted by Crippen LogP contribution is -2.60. The average Bonchev–Trinajstić information content (AvgIpc) is 3.27. The predicted molar refractivity (Wildman–Crippen MR) is 169 cm³/mol. The Morgan fingerprint density at radius 1 is 1.17 bits per heavy atom. The van der Waals surface area contributed by atoms with Crippen LogP contribution in [0.3, 0.4) is 0 Å². The van der Waals surface area contributed by atoms with Gasteiger partial charge in [-0.2, -0.15) is 0 Å². The van der Waals surface area contributed by atoms with Crippen molar-refractivity contribution in [1.82, 2.24) is 4.90 Å². The molecule has 272 valence electrons. The molecule has 0 aliphatic carbocycles. The normalized spacial score (nSPS) is 41.6. The van der Waals surface area contributed by atoms with Crippen LogP contribution < -0.4 is 5.73 Å². The first-order valence-electron chi connectivity index (χ1n) is 16.6. The molecule has 12 atom stereocenters. The lowest BCUT2D eigenvalue weighted by molar-refractivity contribution is -0.288. The second-order valence-corrected chi connectivity index (χ2v) is 13.9. The summed E-state index contributed by atoms with van der Waals surface area (Å²) in [6, 6.07) is -1.63. The summed E-state index contributed by atoms with van der Waals surface area (Å²) in [6.45, 7) is 10.7. The molecular weight excluding hydrogens is 633 g/mol. The molecule has 15 nitrogen and oxygen atoms in total. The highest BCUT2D eigenvalue weighted by Crippen LogP contribution is 2.42. The molecule has 1 amide bonds. The molecule has 3 aliphatic heterocycles. The number of ketones is 2. The molecule has 3 fully saturated rings. The van der Waals surface area contributed by atoms with Crippen molar-refractivity contribution in [2.45, 2.75) is 147 Å². The number of methoxy groups -OCH3 is 1. The fourth-order valence-corrected chi connectivity index (χ4v) is 7.18. The molecule has 0 aromatic heterocycles. The van der Waals surface area contributed by atoms with E-state index in [0.717, 1.165) is 6.92 Å². The minimum atomic E-state index is -3.18. The Bertz CT molecular complexity index is 1250. The van der Waals surface area contributed by atoms with Crippen LogP contribution in [0.5, 0.6) is 0 Å². The van der Waals surface area contributed by atoms with Crippen LogP contribution in [-0.2, 0) is 38.1 Å². The van der Waals surface area contributed by atoms with Crippen molar-refractivity contribution < 1.29 is 52.4 Å². The topological polar surface area (TPSA) is 213 Å². The molecule has 0 radical (unpaired) electrons. The van der Waals surface area contributed by atoms with Gasteiger partial charge in [-0.1, -0.05) is 25.9 Å². The van der Waals surface area contributed by atoms with Crippen LogP contribution in [0.4, 0.5) is 9.18 Å². The lowest BCUT2D eigenvalue weighted by Gasteiger charge is -2.45. The highest BCUT2D eigenvalue weighted by atomic mass is 19.1. The van der Waals surface area contributed by atoms with Gasteiger partial charge in [0.05, 0.1) is 23.9 Å². The summed E-state index contributed by atoms with van der Waals surface area (Å²) in [7, 11) is 1.35. The Morgan fingerprint density at radius 3 is 2.44 bits per heavy atom. The molecule has 2 unspecified atom stereocenters. The number of cyclic esters (lactones) is 1. The van der Waals surface area contributed by atoms with Crippen molar-refractivity contribution in [3.63, 3.8) is 0 Å². The molecule has 3 N–H and O–H groups in total. The smallest absolute Gasteiger partial charge is 0.410 e. The van der Waals surface area contributed by atoms with E-state index in [2.05, 4.69) is 10.0 Å². The van der Waals surface area contributed by atoms with E-state index in [-0.39, 0.29) is 38.1 Å². The molecule has 3 aliphatic rings. The number of esters is 1. The monoisotopic (exact) mass is 685 g/mol. The maximum atomic E-state index is 16.5. The Morgan fingerprint density at radius 2 is 1.83 bits per heavy atom. The number of aliphatic hydroxyl groups excluding tert-OH is 1. The van der Waals surface area contributed by atoms with E-state index in [1.54, 1.807) is 27.7 Å². The summed E-state index contributed by atoms with van der Waals surface area (Å²) in [5.41, 5.74) is 8.50. The van der Waals surface area contributed by atoms with Crippen molar-refractivity contribution in [2.24, 2.45) is 22.7 Å². The van der Waals surface area contributed by atoms with Gasteiger partial charge in [-0.25, -0.2) is 14.0 Å². The number of amides is 1. The minimum absolute atomic E-state index is 0.0237. The zero-order valence-electron chi connectivity index (χ0n) is 29.2. The Labute approximate surface area is 280 Å². The predicted octanol–water partition coefficient (Wildman–Crippen LogP) is 3.52. The molecule has 0 aromatic rings. The van der Waals surface area contributed by atoms with Crippen LogP contribution in [0.25, 0.3) is 10.4 Å². The summed E-state index contributed by atoms with van der Waals surface area (Å²) in [5.74, 6) is -5.06. The van der Waals surface area contributed by atoms with Crippen LogP contribution in [0.1, 0.15) is 87.0 Å². The van der Waals surface area contributed by atoms with Crippen LogP contribution in [0, 0.1) is 11.8 Å². The number of carbonyl (C=O) groups is 4. The number of carbonyl (C=O) groups excluding carboxylic acids is 4. The molecule has 0 saturated carbocycles. The van der Waals surface area contributed by atoms with E-state index in [0.29, 0.717) is 19.3 Å². The SMILES string of the molecule is CC[C@H]1OC(=O)[C@@](C)(F)C(=O)[C@H](C)[C@@H](O[C@@H]2O[C@H](C)CC(N)C2O)[C@](C)(OC)C[C@@H](C)C(=O)C[C@H]2N(CCCCN=[N+]=[N-])C(=O)O[C@]12C. The number of Topliss-reactive ketones (excluding diaryl/α,β-unsaturated/α-hetero) is 2. The maximum absolute atomic E-state index is 16.5. The third-order valence-electron chi connectivity index (χ3n) is 10.2. The molecular formula is C32H52FN5O10. The highest BCUT2D eigenvalue weighted by molar-refractivity contribution is 6.07. The standard InChI is InChI=1S/C32H52FN5O10/c1-9-23-32(7)22(38(29(43)48-32)13-11-10-12-36-37-35)15-21(39)17(2)16-30(5,44-8)26(19(4)25(41)31(6,33)28(42)46-23)47-27-24(40)20(34)14-18(3)45-27/h17-20,22-24,26-27,40H,9-16,34H2,1-8H3/t17-,18-,19+,20?,22-,23-,24?,26-,27+,30-,31+,32+/m1/s1. The third-order valence-corrected chi connectivity index (χ3v) is 10.2. The first-order chi connectivity index (χ1) is 22.4. The zero-order valence-corrected chi connectivity index (χ0v) is 29.2. The fraction of sp³-hybridized carbons (Fsp3) is 0.875. The highest BCUT2D eigenvalue weighted by Gasteiger charge is 2.59. The molecule has 0 spiro atoms. The van der Waals surface area contributed by atoms with E-state index >= 15 is 4.39 Å². The summed E-state index contributed by atoms with van der Waals surface area (Å²) in [5, 5.41) is 14.4. The summed E-state index contributed by atoms with van der Waals surface area (Å²) < 4.78 is 46.0. The molecule has 16 heteroatoms. The third kappa shape index (κ3) is 8.11. The summed E-state index contributed by atoms with van der Waals surface area (Å²) in [4.78, 5) is 58.9. The lowest BCUT2D eigenvalue weighted by atomic mass is 9.75. The van der Waals surface area contributed by atoms with Crippen molar-refractivity contribution in [1.29, 1.82) is 0 Å². The van der Waals surface area contributed by atoms with Crippen molar-refractivity contribution in [2.75, 3.05) is 20.2 Å². The largest absolute Gasteiger partial charge is 0.455 e. The van der Waals surface area contributed by atoms with E-state index in [4.69, 9.17) is 34.9 Å². The van der Waals surface area contributed by atoms with Crippen LogP contribution in [0.2, 0.25) is 0 Å². The maximum Gasteiger partial charge on any atom is 0.410 e. The number of ether oxygens (including phenoxy) is 5.